The molecule has 0 heterocycles. The first-order valence-electron chi connectivity index (χ1n) is 7.00. The zero-order valence-corrected chi connectivity index (χ0v) is 12.0. The van der Waals surface area contributed by atoms with Gasteiger partial charge in [0.1, 0.15) is 0 Å². The summed E-state index contributed by atoms with van der Waals surface area (Å²) in [6, 6.07) is 8.09. The highest BCUT2D eigenvalue weighted by atomic mass is 16.4. The third-order valence-corrected chi connectivity index (χ3v) is 4.01. The van der Waals surface area contributed by atoms with Crippen molar-refractivity contribution in [2.45, 2.75) is 32.7 Å². The van der Waals surface area contributed by atoms with Crippen molar-refractivity contribution in [3.63, 3.8) is 0 Å². The van der Waals surface area contributed by atoms with Gasteiger partial charge in [-0.15, -0.1) is 0 Å². The first-order chi connectivity index (χ1) is 9.47. The molecule has 1 N–H and O–H groups in total. The van der Waals surface area contributed by atoms with Crippen LogP contribution in [-0.4, -0.2) is 28.9 Å². The van der Waals surface area contributed by atoms with Crippen molar-refractivity contribution < 1.29 is 14.7 Å². The minimum atomic E-state index is -0.776. The van der Waals surface area contributed by atoms with E-state index < -0.39 is 5.97 Å². The lowest BCUT2D eigenvalue weighted by Gasteiger charge is -2.21. The van der Waals surface area contributed by atoms with Crippen molar-refractivity contribution in [2.24, 2.45) is 11.8 Å². The normalized spacial score (nSPS) is 21.7. The Bertz CT molecular complexity index is 512. The van der Waals surface area contributed by atoms with Gasteiger partial charge in [0.05, 0.1) is 5.92 Å². The molecule has 0 bridgehead atoms. The number of benzene rings is 1. The first kappa shape index (κ1) is 14.6. The molecule has 1 aliphatic carbocycles. The minimum absolute atomic E-state index is 0.0651. The van der Waals surface area contributed by atoms with Crippen molar-refractivity contribution >= 4 is 11.9 Å². The average Bonchev–Trinajstić information content (AvgIpc) is 2.87. The van der Waals surface area contributed by atoms with E-state index in [4.69, 9.17) is 5.11 Å². The van der Waals surface area contributed by atoms with Crippen LogP contribution in [0.4, 0.5) is 0 Å². The quantitative estimate of drug-likeness (QED) is 0.918. The van der Waals surface area contributed by atoms with E-state index in [-0.39, 0.29) is 17.7 Å². The molecule has 20 heavy (non-hydrogen) atoms. The van der Waals surface area contributed by atoms with Crippen LogP contribution in [0.1, 0.15) is 30.4 Å². The van der Waals surface area contributed by atoms with Crippen LogP contribution in [0, 0.1) is 18.8 Å². The van der Waals surface area contributed by atoms with Gasteiger partial charge in [-0.1, -0.05) is 29.8 Å². The molecule has 2 rings (SSSR count). The maximum Gasteiger partial charge on any atom is 0.306 e. The van der Waals surface area contributed by atoms with Crippen LogP contribution < -0.4 is 0 Å². The Morgan fingerprint density at radius 1 is 1.30 bits per heavy atom. The van der Waals surface area contributed by atoms with Gasteiger partial charge in [0, 0.05) is 19.5 Å². The summed E-state index contributed by atoms with van der Waals surface area (Å²) in [6.07, 6.45) is 1.78. The van der Waals surface area contributed by atoms with E-state index in [1.165, 1.54) is 5.56 Å². The molecule has 1 aliphatic rings. The monoisotopic (exact) mass is 275 g/mol. The number of hydrogen-bond donors (Lipinski definition) is 1. The summed E-state index contributed by atoms with van der Waals surface area (Å²) < 4.78 is 0. The Labute approximate surface area is 119 Å². The molecule has 0 saturated heterocycles. The number of aliphatic carboxylic acids is 1. The zero-order valence-electron chi connectivity index (χ0n) is 12.0. The fourth-order valence-corrected chi connectivity index (χ4v) is 2.90. The van der Waals surface area contributed by atoms with E-state index in [1.54, 1.807) is 11.9 Å². The van der Waals surface area contributed by atoms with E-state index in [0.29, 0.717) is 25.8 Å². The second-order valence-corrected chi connectivity index (χ2v) is 5.73. The SMILES string of the molecule is Cc1cccc(CN(C)C(=O)C2CCC(C(=O)O)C2)c1. The number of carbonyl (C=O) groups excluding carboxylic acids is 1. The topological polar surface area (TPSA) is 57.6 Å². The summed E-state index contributed by atoms with van der Waals surface area (Å²) in [5.74, 6) is -1.20. The fourth-order valence-electron chi connectivity index (χ4n) is 2.90. The molecule has 4 nitrogen and oxygen atoms in total. The van der Waals surface area contributed by atoms with E-state index in [9.17, 15) is 9.59 Å². The van der Waals surface area contributed by atoms with Crippen LogP contribution in [0.2, 0.25) is 0 Å². The van der Waals surface area contributed by atoms with E-state index in [0.717, 1.165) is 5.56 Å². The lowest BCUT2D eigenvalue weighted by molar-refractivity contribution is -0.141. The number of nitrogens with zero attached hydrogens (tertiary/aromatic N) is 1. The van der Waals surface area contributed by atoms with Gasteiger partial charge in [0.15, 0.2) is 0 Å². The number of carbonyl (C=O) groups is 2. The first-order valence-corrected chi connectivity index (χ1v) is 7.00. The van der Waals surface area contributed by atoms with E-state index in [2.05, 4.69) is 6.07 Å². The van der Waals surface area contributed by atoms with Crippen molar-refractivity contribution in [2.75, 3.05) is 7.05 Å². The van der Waals surface area contributed by atoms with Crippen molar-refractivity contribution in [3.8, 4) is 0 Å². The van der Waals surface area contributed by atoms with Gasteiger partial charge in [-0.05, 0) is 31.7 Å². The van der Waals surface area contributed by atoms with Gasteiger partial charge < -0.3 is 10.0 Å². The maximum absolute atomic E-state index is 12.3. The maximum atomic E-state index is 12.3. The molecular weight excluding hydrogens is 254 g/mol. The molecule has 1 saturated carbocycles. The standard InChI is InChI=1S/C16H21NO3/c1-11-4-3-5-12(8-11)10-17(2)15(18)13-6-7-14(9-13)16(19)20/h3-5,8,13-14H,6-7,9-10H2,1-2H3,(H,19,20). The van der Waals surface area contributed by atoms with Crippen LogP contribution in [0.3, 0.4) is 0 Å². The summed E-state index contributed by atoms with van der Waals surface area (Å²) >= 11 is 0. The molecule has 0 aliphatic heterocycles. The summed E-state index contributed by atoms with van der Waals surface area (Å²) in [4.78, 5) is 25.0. The highest BCUT2D eigenvalue weighted by Gasteiger charge is 2.35. The predicted molar refractivity (Wildman–Crippen MR) is 76.1 cm³/mol. The van der Waals surface area contributed by atoms with Gasteiger partial charge in [-0.2, -0.15) is 0 Å². The number of hydrogen-bond acceptors (Lipinski definition) is 2. The van der Waals surface area contributed by atoms with E-state index in [1.807, 2.05) is 25.1 Å². The molecule has 1 aromatic rings. The van der Waals surface area contributed by atoms with Crippen LogP contribution in [0.15, 0.2) is 24.3 Å². The highest BCUT2D eigenvalue weighted by Crippen LogP contribution is 2.32. The molecule has 108 valence electrons. The van der Waals surface area contributed by atoms with Crippen LogP contribution in [-0.2, 0) is 16.1 Å². The Balaban J connectivity index is 1.94. The highest BCUT2D eigenvalue weighted by molar-refractivity contribution is 5.80. The summed E-state index contributed by atoms with van der Waals surface area (Å²) in [7, 11) is 1.79. The van der Waals surface area contributed by atoms with Crippen LogP contribution in [0.25, 0.3) is 0 Å². The Morgan fingerprint density at radius 3 is 2.60 bits per heavy atom. The van der Waals surface area contributed by atoms with Gasteiger partial charge in [0.2, 0.25) is 5.91 Å². The van der Waals surface area contributed by atoms with Gasteiger partial charge in [0.25, 0.3) is 0 Å². The fraction of sp³-hybridized carbons (Fsp3) is 0.500. The predicted octanol–water partition coefficient (Wildman–Crippen LogP) is 2.45. The van der Waals surface area contributed by atoms with Crippen molar-refractivity contribution in [3.05, 3.63) is 35.4 Å². The second-order valence-electron chi connectivity index (χ2n) is 5.73. The molecule has 0 aromatic heterocycles. The summed E-state index contributed by atoms with van der Waals surface area (Å²) in [5, 5.41) is 8.99. The second kappa shape index (κ2) is 6.07. The average molecular weight is 275 g/mol. The summed E-state index contributed by atoms with van der Waals surface area (Å²) in [6.45, 7) is 2.61. The molecular formula is C16H21NO3. The number of amides is 1. The Morgan fingerprint density at radius 2 is 2.00 bits per heavy atom. The van der Waals surface area contributed by atoms with Crippen molar-refractivity contribution in [1.29, 1.82) is 0 Å². The zero-order chi connectivity index (χ0) is 14.7. The number of carboxylic acids is 1. The van der Waals surface area contributed by atoms with E-state index >= 15 is 0 Å². The third-order valence-electron chi connectivity index (χ3n) is 4.01. The van der Waals surface area contributed by atoms with Crippen LogP contribution in [0.5, 0.6) is 0 Å². The molecule has 1 fully saturated rings. The van der Waals surface area contributed by atoms with Gasteiger partial charge in [-0.3, -0.25) is 9.59 Å². The third kappa shape index (κ3) is 3.38. The molecule has 0 spiro atoms. The molecule has 2 unspecified atom stereocenters. The number of aryl methyl sites for hydroxylation is 1. The molecule has 2 atom stereocenters. The Hall–Kier alpha value is -1.84. The summed E-state index contributed by atoms with van der Waals surface area (Å²) in [5.41, 5.74) is 2.28. The molecule has 4 heteroatoms. The molecule has 1 aromatic carbocycles. The molecule has 0 radical (unpaired) electrons. The smallest absolute Gasteiger partial charge is 0.306 e. The molecule has 1 amide bonds. The van der Waals surface area contributed by atoms with Crippen molar-refractivity contribution in [1.82, 2.24) is 4.90 Å². The van der Waals surface area contributed by atoms with Gasteiger partial charge >= 0.3 is 5.97 Å². The minimum Gasteiger partial charge on any atom is -0.481 e. The lowest BCUT2D eigenvalue weighted by Crippen LogP contribution is -2.31. The van der Waals surface area contributed by atoms with Crippen LogP contribution >= 0.6 is 0 Å². The number of rotatable bonds is 4. The lowest BCUT2D eigenvalue weighted by atomic mass is 10.0. The van der Waals surface area contributed by atoms with Gasteiger partial charge in [-0.25, -0.2) is 0 Å². The number of carboxylic acid groups (broad SMARTS) is 1. The largest absolute Gasteiger partial charge is 0.481 e. The Kier molecular flexibility index (Phi) is 4.42.